The molecule has 1 unspecified atom stereocenters. The van der Waals surface area contributed by atoms with E-state index in [1.165, 1.54) is 0 Å². The molecule has 19 heavy (non-hydrogen) atoms. The van der Waals surface area contributed by atoms with Crippen molar-refractivity contribution in [2.45, 2.75) is 46.8 Å². The molecule has 1 atom stereocenters. The zero-order chi connectivity index (χ0) is 14.3. The van der Waals surface area contributed by atoms with Crippen molar-refractivity contribution in [3.8, 4) is 0 Å². The van der Waals surface area contributed by atoms with Gasteiger partial charge in [0.25, 0.3) is 0 Å². The first-order chi connectivity index (χ1) is 9.05. The minimum Gasteiger partial charge on any atom is -0.377 e. The summed E-state index contributed by atoms with van der Waals surface area (Å²) in [5.74, 6) is 3.05. The monoisotopic (exact) mass is 266 g/mol. The highest BCUT2D eigenvalue weighted by Crippen LogP contribution is 2.15. The fraction of sp³-hybridized carbons (Fsp3) is 0.714. The smallest absolute Gasteiger partial charge is 0.158 e. The SMILES string of the molecule is CCNc1cc(NC(C)CC(C)C)nc(COC)n1. The van der Waals surface area contributed by atoms with Crippen molar-refractivity contribution in [3.05, 3.63) is 11.9 Å². The van der Waals surface area contributed by atoms with Gasteiger partial charge in [-0.2, -0.15) is 0 Å². The van der Waals surface area contributed by atoms with Gasteiger partial charge in [-0.1, -0.05) is 13.8 Å². The second-order valence-electron chi connectivity index (χ2n) is 5.19. The molecule has 0 fully saturated rings. The molecule has 0 aliphatic rings. The molecule has 108 valence electrons. The predicted octanol–water partition coefficient (Wildman–Crippen LogP) is 2.90. The Bertz CT molecular complexity index is 357. The van der Waals surface area contributed by atoms with Crippen LogP contribution in [0.3, 0.4) is 0 Å². The standard InChI is InChI=1S/C14H26N4O/c1-6-15-12-8-13(16-11(4)7-10(2)3)18-14(17-12)9-19-5/h8,10-11H,6-7,9H2,1-5H3,(H2,15,16,17,18). The van der Waals surface area contributed by atoms with Gasteiger partial charge in [0, 0.05) is 25.8 Å². The van der Waals surface area contributed by atoms with Crippen LogP contribution in [-0.2, 0) is 11.3 Å². The largest absolute Gasteiger partial charge is 0.377 e. The molecule has 2 N–H and O–H groups in total. The minimum atomic E-state index is 0.389. The van der Waals surface area contributed by atoms with Crippen molar-refractivity contribution in [2.75, 3.05) is 24.3 Å². The molecule has 1 heterocycles. The van der Waals surface area contributed by atoms with Crippen molar-refractivity contribution in [3.63, 3.8) is 0 Å². The van der Waals surface area contributed by atoms with Crippen LogP contribution in [0.15, 0.2) is 6.07 Å². The summed E-state index contributed by atoms with van der Waals surface area (Å²) in [5.41, 5.74) is 0. The lowest BCUT2D eigenvalue weighted by Gasteiger charge is -2.17. The summed E-state index contributed by atoms with van der Waals surface area (Å²) in [6.07, 6.45) is 1.11. The molecule has 0 saturated carbocycles. The Morgan fingerprint density at radius 1 is 1.21 bits per heavy atom. The molecule has 0 spiro atoms. The van der Waals surface area contributed by atoms with Crippen molar-refractivity contribution >= 4 is 11.6 Å². The maximum absolute atomic E-state index is 5.11. The van der Waals surface area contributed by atoms with Gasteiger partial charge < -0.3 is 15.4 Å². The summed E-state index contributed by atoms with van der Waals surface area (Å²) < 4.78 is 5.11. The van der Waals surface area contributed by atoms with Crippen LogP contribution < -0.4 is 10.6 Å². The molecule has 0 bridgehead atoms. The minimum absolute atomic E-state index is 0.389. The molecule has 5 nitrogen and oxygen atoms in total. The number of nitrogens with one attached hydrogen (secondary N) is 2. The highest BCUT2D eigenvalue weighted by molar-refractivity contribution is 5.47. The summed E-state index contributed by atoms with van der Waals surface area (Å²) in [5, 5.41) is 6.64. The molecule has 0 radical (unpaired) electrons. The van der Waals surface area contributed by atoms with Crippen LogP contribution in [0.2, 0.25) is 0 Å². The quantitative estimate of drug-likeness (QED) is 0.757. The third-order valence-corrected chi connectivity index (χ3v) is 2.62. The Kier molecular flexibility index (Phi) is 6.56. The fourth-order valence-corrected chi connectivity index (χ4v) is 2.05. The summed E-state index contributed by atoms with van der Waals surface area (Å²) >= 11 is 0. The Morgan fingerprint density at radius 2 is 1.89 bits per heavy atom. The third-order valence-electron chi connectivity index (χ3n) is 2.62. The van der Waals surface area contributed by atoms with E-state index in [2.05, 4.69) is 41.4 Å². The van der Waals surface area contributed by atoms with Crippen LogP contribution in [0.25, 0.3) is 0 Å². The van der Waals surface area contributed by atoms with E-state index < -0.39 is 0 Å². The van der Waals surface area contributed by atoms with Crippen LogP contribution in [0.5, 0.6) is 0 Å². The second-order valence-corrected chi connectivity index (χ2v) is 5.19. The van der Waals surface area contributed by atoms with Gasteiger partial charge in [0.15, 0.2) is 5.82 Å². The first kappa shape index (κ1) is 15.7. The van der Waals surface area contributed by atoms with Gasteiger partial charge in [-0.05, 0) is 26.2 Å². The molecular weight excluding hydrogens is 240 g/mol. The molecule has 0 amide bonds. The molecule has 1 aromatic heterocycles. The molecule has 1 aromatic rings. The number of nitrogens with zero attached hydrogens (tertiary/aromatic N) is 2. The molecular formula is C14H26N4O. The number of rotatable bonds is 8. The van der Waals surface area contributed by atoms with Crippen molar-refractivity contribution < 1.29 is 4.74 Å². The van der Waals surface area contributed by atoms with E-state index in [1.54, 1.807) is 7.11 Å². The number of hydrogen-bond donors (Lipinski definition) is 2. The summed E-state index contributed by atoms with van der Waals surface area (Å²) in [7, 11) is 1.65. The van der Waals surface area contributed by atoms with Gasteiger partial charge in [-0.25, -0.2) is 9.97 Å². The zero-order valence-electron chi connectivity index (χ0n) is 12.7. The van der Waals surface area contributed by atoms with Gasteiger partial charge >= 0.3 is 0 Å². The van der Waals surface area contributed by atoms with E-state index in [1.807, 2.05) is 13.0 Å². The molecule has 1 rings (SSSR count). The number of hydrogen-bond acceptors (Lipinski definition) is 5. The van der Waals surface area contributed by atoms with Crippen LogP contribution >= 0.6 is 0 Å². The predicted molar refractivity (Wildman–Crippen MR) is 79.4 cm³/mol. The van der Waals surface area contributed by atoms with Crippen molar-refractivity contribution in [1.29, 1.82) is 0 Å². The highest BCUT2D eigenvalue weighted by Gasteiger charge is 2.08. The Morgan fingerprint density at radius 3 is 2.47 bits per heavy atom. The number of aromatic nitrogens is 2. The molecule has 0 aliphatic heterocycles. The van der Waals surface area contributed by atoms with E-state index in [0.717, 1.165) is 24.6 Å². The molecule has 0 aliphatic carbocycles. The average molecular weight is 266 g/mol. The fourth-order valence-electron chi connectivity index (χ4n) is 2.05. The lowest BCUT2D eigenvalue weighted by Crippen LogP contribution is -2.19. The van der Waals surface area contributed by atoms with Crippen LogP contribution in [-0.4, -0.2) is 29.7 Å². The van der Waals surface area contributed by atoms with E-state index in [0.29, 0.717) is 24.4 Å². The van der Waals surface area contributed by atoms with Crippen LogP contribution in [0.1, 0.15) is 39.9 Å². The van der Waals surface area contributed by atoms with E-state index in [4.69, 9.17) is 4.74 Å². The summed E-state index contributed by atoms with van der Waals surface area (Å²) in [6.45, 7) is 9.92. The maximum Gasteiger partial charge on any atom is 0.158 e. The van der Waals surface area contributed by atoms with Crippen LogP contribution in [0, 0.1) is 5.92 Å². The van der Waals surface area contributed by atoms with E-state index in [-0.39, 0.29) is 0 Å². The number of anilines is 2. The summed E-state index contributed by atoms with van der Waals surface area (Å²) in [4.78, 5) is 8.86. The molecule has 5 heteroatoms. The highest BCUT2D eigenvalue weighted by atomic mass is 16.5. The maximum atomic E-state index is 5.11. The third kappa shape index (κ3) is 5.87. The first-order valence-electron chi connectivity index (χ1n) is 6.92. The second kappa shape index (κ2) is 7.94. The average Bonchev–Trinajstić information content (AvgIpc) is 2.28. The van der Waals surface area contributed by atoms with Crippen LogP contribution in [0.4, 0.5) is 11.6 Å². The van der Waals surface area contributed by atoms with E-state index >= 15 is 0 Å². The zero-order valence-corrected chi connectivity index (χ0v) is 12.7. The Balaban J connectivity index is 2.79. The van der Waals surface area contributed by atoms with Gasteiger partial charge in [0.05, 0.1) is 0 Å². The number of ether oxygens (including phenoxy) is 1. The van der Waals surface area contributed by atoms with Crippen molar-refractivity contribution in [1.82, 2.24) is 9.97 Å². The Hall–Kier alpha value is -1.36. The topological polar surface area (TPSA) is 59.1 Å². The van der Waals surface area contributed by atoms with Crippen molar-refractivity contribution in [2.24, 2.45) is 5.92 Å². The Labute approximate surface area is 116 Å². The molecule has 0 aromatic carbocycles. The lowest BCUT2D eigenvalue weighted by molar-refractivity contribution is 0.178. The molecule has 0 saturated heterocycles. The van der Waals surface area contributed by atoms with Gasteiger partial charge in [0.1, 0.15) is 18.2 Å². The van der Waals surface area contributed by atoms with Gasteiger partial charge in [-0.3, -0.25) is 0 Å². The van der Waals surface area contributed by atoms with E-state index in [9.17, 15) is 0 Å². The van der Waals surface area contributed by atoms with Gasteiger partial charge in [-0.15, -0.1) is 0 Å². The lowest BCUT2D eigenvalue weighted by atomic mass is 10.1. The number of methoxy groups -OCH3 is 1. The van der Waals surface area contributed by atoms with Gasteiger partial charge in [0.2, 0.25) is 0 Å². The first-order valence-corrected chi connectivity index (χ1v) is 6.92. The normalized spacial score (nSPS) is 12.5. The summed E-state index contributed by atoms with van der Waals surface area (Å²) in [6, 6.07) is 2.33.